The fourth-order valence-corrected chi connectivity index (χ4v) is 4.05. The van der Waals surface area contributed by atoms with E-state index in [4.69, 9.17) is 10.5 Å². The van der Waals surface area contributed by atoms with E-state index in [2.05, 4.69) is 10.6 Å². The first-order valence-corrected chi connectivity index (χ1v) is 10.3. The number of carbonyl (C=O) groups excluding carboxylic acids is 3. The van der Waals surface area contributed by atoms with Gasteiger partial charge in [0.15, 0.2) is 17.3 Å². The van der Waals surface area contributed by atoms with E-state index in [1.165, 1.54) is 19.2 Å². The predicted octanol–water partition coefficient (Wildman–Crippen LogP) is 3.40. The van der Waals surface area contributed by atoms with Crippen molar-refractivity contribution >= 4 is 29.0 Å². The summed E-state index contributed by atoms with van der Waals surface area (Å²) in [6.07, 6.45) is 0. The molecule has 0 aromatic heterocycles. The molecule has 2 aromatic rings. The van der Waals surface area contributed by atoms with Crippen LogP contribution in [0.4, 0.5) is 15.8 Å². The van der Waals surface area contributed by atoms with Crippen LogP contribution in [0.2, 0.25) is 0 Å². The van der Waals surface area contributed by atoms with Crippen LogP contribution in [0.15, 0.2) is 42.5 Å². The Kier molecular flexibility index (Phi) is 6.00. The van der Waals surface area contributed by atoms with Gasteiger partial charge in [-0.2, -0.15) is 0 Å². The quantitative estimate of drug-likeness (QED) is 0.470. The topological polar surface area (TPSA) is 111 Å². The van der Waals surface area contributed by atoms with Gasteiger partial charge in [-0.1, -0.05) is 19.1 Å². The zero-order valence-electron chi connectivity index (χ0n) is 18.8. The van der Waals surface area contributed by atoms with Gasteiger partial charge in [-0.15, -0.1) is 0 Å². The van der Waals surface area contributed by atoms with Crippen LogP contribution in [0.3, 0.4) is 0 Å². The second-order valence-corrected chi connectivity index (χ2v) is 9.23. The fraction of sp³-hybridized carbons (Fsp3) is 0.375. The fourth-order valence-electron chi connectivity index (χ4n) is 4.05. The number of nitrogens with one attached hydrogen (secondary N) is 2. The minimum Gasteiger partial charge on any atom is -0.494 e. The molecule has 3 atom stereocenters. The Morgan fingerprint density at radius 2 is 1.69 bits per heavy atom. The van der Waals surface area contributed by atoms with Crippen molar-refractivity contribution in [3.63, 3.8) is 0 Å². The lowest BCUT2D eigenvalue weighted by atomic mass is 9.91. The molecule has 1 fully saturated rings. The van der Waals surface area contributed by atoms with E-state index >= 15 is 0 Å². The summed E-state index contributed by atoms with van der Waals surface area (Å²) in [6, 6.07) is 10.5. The number of ether oxygens (including phenoxy) is 1. The van der Waals surface area contributed by atoms with Gasteiger partial charge in [0.05, 0.1) is 24.4 Å². The summed E-state index contributed by atoms with van der Waals surface area (Å²) in [7, 11) is 1.34. The van der Waals surface area contributed by atoms with Crippen LogP contribution in [-0.4, -0.2) is 30.2 Å². The molecule has 0 aliphatic heterocycles. The smallest absolute Gasteiger partial charge is 0.229 e. The van der Waals surface area contributed by atoms with E-state index in [1.807, 2.05) is 20.8 Å². The number of hydrogen-bond donors (Lipinski definition) is 3. The average molecular weight is 442 g/mol. The van der Waals surface area contributed by atoms with E-state index in [0.717, 1.165) is 6.07 Å². The first-order chi connectivity index (χ1) is 14.9. The van der Waals surface area contributed by atoms with E-state index < -0.39 is 40.4 Å². The minimum atomic E-state index is -1.29. The molecule has 2 amide bonds. The average Bonchev–Trinajstić information content (AvgIpc) is 3.34. The molecular formula is C24H28FN3O4. The van der Waals surface area contributed by atoms with Gasteiger partial charge in [-0.05, 0) is 45.0 Å². The van der Waals surface area contributed by atoms with Crippen LogP contribution < -0.4 is 21.1 Å². The molecule has 0 unspecified atom stereocenters. The van der Waals surface area contributed by atoms with Gasteiger partial charge in [0.1, 0.15) is 0 Å². The first-order valence-electron chi connectivity index (χ1n) is 10.3. The number of anilines is 2. The van der Waals surface area contributed by atoms with Crippen LogP contribution in [0.1, 0.15) is 38.1 Å². The van der Waals surface area contributed by atoms with Crippen molar-refractivity contribution in [2.45, 2.75) is 33.2 Å². The second-order valence-electron chi connectivity index (χ2n) is 9.23. The highest BCUT2D eigenvalue weighted by atomic mass is 19.1. The van der Waals surface area contributed by atoms with Crippen LogP contribution in [0.5, 0.6) is 5.75 Å². The molecule has 7 nitrogen and oxygen atoms in total. The molecule has 32 heavy (non-hydrogen) atoms. The Hall–Kier alpha value is -3.42. The third-order valence-corrected chi connectivity index (χ3v) is 5.69. The largest absolute Gasteiger partial charge is 0.494 e. The van der Waals surface area contributed by atoms with Crippen molar-refractivity contribution in [1.29, 1.82) is 0 Å². The molecule has 1 aliphatic carbocycles. The monoisotopic (exact) mass is 441 g/mol. The molecule has 0 spiro atoms. The maximum Gasteiger partial charge on any atom is 0.229 e. The normalized spacial score (nSPS) is 22.1. The van der Waals surface area contributed by atoms with E-state index in [0.29, 0.717) is 0 Å². The Morgan fingerprint density at radius 3 is 2.25 bits per heavy atom. The number of amides is 2. The van der Waals surface area contributed by atoms with Crippen LogP contribution in [0, 0.1) is 23.1 Å². The standard InChI is InChI=1S/C24H28FN3O4/c1-23(2,3)28-22(31)19-18(21(30)27-13-10-11-17(32-5)15(25)12-13)24(19,4)20(29)14-8-6-7-9-16(14)26/h6-12,18-19H,26H2,1-5H3,(H,27,30)(H,28,31)/t18-,19+,24+/m0/s1. The van der Waals surface area contributed by atoms with E-state index in [-0.39, 0.29) is 28.5 Å². The summed E-state index contributed by atoms with van der Waals surface area (Å²) in [6.45, 7) is 7.04. The Balaban J connectivity index is 1.92. The summed E-state index contributed by atoms with van der Waals surface area (Å²) in [5.41, 5.74) is 4.88. The lowest BCUT2D eigenvalue weighted by Crippen LogP contribution is -2.42. The summed E-state index contributed by atoms with van der Waals surface area (Å²) in [5, 5.41) is 5.47. The van der Waals surface area contributed by atoms with Gasteiger partial charge in [0.2, 0.25) is 11.8 Å². The lowest BCUT2D eigenvalue weighted by molar-refractivity contribution is -0.126. The number of para-hydroxylation sites is 1. The summed E-state index contributed by atoms with van der Waals surface area (Å²) in [4.78, 5) is 39.6. The molecule has 0 heterocycles. The van der Waals surface area contributed by atoms with Crippen molar-refractivity contribution in [3.8, 4) is 5.75 Å². The maximum absolute atomic E-state index is 14.0. The van der Waals surface area contributed by atoms with Gasteiger partial charge >= 0.3 is 0 Å². The number of methoxy groups -OCH3 is 1. The molecule has 1 saturated carbocycles. The molecule has 0 bridgehead atoms. The third kappa shape index (κ3) is 4.30. The molecule has 1 aliphatic rings. The number of halogens is 1. The lowest BCUT2D eigenvalue weighted by Gasteiger charge is -2.21. The zero-order chi connectivity index (χ0) is 23.8. The number of Topliss-reactive ketones (excluding diaryl/α,β-unsaturated/α-hetero) is 1. The Bertz CT molecular complexity index is 1080. The van der Waals surface area contributed by atoms with Gasteiger partial charge in [-0.25, -0.2) is 4.39 Å². The molecule has 0 saturated heterocycles. The van der Waals surface area contributed by atoms with E-state index in [9.17, 15) is 18.8 Å². The van der Waals surface area contributed by atoms with Crippen molar-refractivity contribution in [2.75, 3.05) is 18.2 Å². The van der Waals surface area contributed by atoms with Gasteiger partial charge in [-0.3, -0.25) is 14.4 Å². The van der Waals surface area contributed by atoms with Crippen LogP contribution >= 0.6 is 0 Å². The predicted molar refractivity (Wildman–Crippen MR) is 120 cm³/mol. The van der Waals surface area contributed by atoms with E-state index in [1.54, 1.807) is 31.2 Å². The van der Waals surface area contributed by atoms with Crippen molar-refractivity contribution < 1.29 is 23.5 Å². The second kappa shape index (κ2) is 8.26. The highest BCUT2D eigenvalue weighted by molar-refractivity contribution is 6.15. The Morgan fingerprint density at radius 1 is 1.06 bits per heavy atom. The van der Waals surface area contributed by atoms with Gasteiger partial charge < -0.3 is 21.1 Å². The molecule has 170 valence electrons. The van der Waals surface area contributed by atoms with Crippen molar-refractivity contribution in [2.24, 2.45) is 17.3 Å². The summed E-state index contributed by atoms with van der Waals surface area (Å²) < 4.78 is 18.9. The number of nitrogens with two attached hydrogens (primary N) is 1. The number of carbonyl (C=O) groups is 3. The SMILES string of the molecule is COc1ccc(NC(=O)[C@@H]2[C@H](C(=O)NC(C)(C)C)[C@]2(C)C(=O)c2ccccc2N)cc1F. The number of ketones is 1. The molecule has 2 aromatic carbocycles. The highest BCUT2D eigenvalue weighted by Gasteiger charge is 2.72. The number of rotatable bonds is 6. The molecule has 4 N–H and O–H groups in total. The minimum absolute atomic E-state index is 0.0384. The maximum atomic E-state index is 14.0. The molecule has 8 heteroatoms. The summed E-state index contributed by atoms with van der Waals surface area (Å²) >= 11 is 0. The van der Waals surface area contributed by atoms with Crippen LogP contribution in [0.25, 0.3) is 0 Å². The number of hydrogen-bond acceptors (Lipinski definition) is 5. The van der Waals surface area contributed by atoms with Gasteiger partial charge in [0.25, 0.3) is 0 Å². The molecular weight excluding hydrogens is 413 g/mol. The first kappa shape index (κ1) is 23.2. The molecule has 0 radical (unpaired) electrons. The van der Waals surface area contributed by atoms with Crippen molar-refractivity contribution in [3.05, 3.63) is 53.8 Å². The molecule has 3 rings (SSSR count). The third-order valence-electron chi connectivity index (χ3n) is 5.69. The van der Waals surface area contributed by atoms with Crippen molar-refractivity contribution in [1.82, 2.24) is 5.32 Å². The zero-order valence-corrected chi connectivity index (χ0v) is 18.8. The Labute approximate surface area is 186 Å². The number of benzene rings is 2. The highest BCUT2D eigenvalue weighted by Crippen LogP contribution is 2.61. The van der Waals surface area contributed by atoms with Gasteiger partial charge in [0, 0.05) is 28.5 Å². The number of nitrogen functional groups attached to an aromatic ring is 1. The summed E-state index contributed by atoms with van der Waals surface area (Å²) in [5.74, 6) is -3.77. The van der Waals surface area contributed by atoms with Crippen LogP contribution in [-0.2, 0) is 9.59 Å².